The molecule has 0 saturated carbocycles. The summed E-state index contributed by atoms with van der Waals surface area (Å²) in [4.78, 5) is 12.3. The Morgan fingerprint density at radius 2 is 1.74 bits per heavy atom. The van der Waals surface area contributed by atoms with Gasteiger partial charge < -0.3 is 0 Å². The van der Waals surface area contributed by atoms with Crippen molar-refractivity contribution in [3.63, 3.8) is 0 Å². The molecule has 3 rings (SSSR count). The van der Waals surface area contributed by atoms with Crippen LogP contribution in [0, 0.1) is 0 Å². The van der Waals surface area contributed by atoms with Gasteiger partial charge in [0.15, 0.2) is 5.78 Å². The van der Waals surface area contributed by atoms with Gasteiger partial charge in [0.2, 0.25) is 0 Å². The number of benzene rings is 2. The van der Waals surface area contributed by atoms with Crippen molar-refractivity contribution in [2.24, 2.45) is 0 Å². The van der Waals surface area contributed by atoms with Gasteiger partial charge in [0.25, 0.3) is 0 Å². The zero-order chi connectivity index (χ0) is 13.2. The smallest absolute Gasteiger partial charge is 0.176 e. The Bertz CT molecular complexity index is 634. The molecule has 0 bridgehead atoms. The van der Waals surface area contributed by atoms with Crippen LogP contribution < -0.4 is 0 Å². The standard InChI is InChI=1S/C16H12OS2/c17-15-13-9-5-4-8-12(13)10-14(15)19-16(18)11-6-2-1-3-7-11/h1-9,14H,10H2. The molecule has 0 heterocycles. The molecule has 2 aromatic carbocycles. The van der Waals surface area contributed by atoms with E-state index >= 15 is 0 Å². The zero-order valence-electron chi connectivity index (χ0n) is 10.2. The van der Waals surface area contributed by atoms with Crippen LogP contribution >= 0.6 is 24.0 Å². The van der Waals surface area contributed by atoms with Crippen LogP contribution in [0.2, 0.25) is 0 Å². The summed E-state index contributed by atoms with van der Waals surface area (Å²) in [7, 11) is 0. The molecule has 0 aliphatic heterocycles. The van der Waals surface area contributed by atoms with Crippen LogP contribution in [0.4, 0.5) is 0 Å². The molecule has 0 saturated heterocycles. The second-order valence-electron chi connectivity index (χ2n) is 4.49. The van der Waals surface area contributed by atoms with Crippen molar-refractivity contribution in [2.45, 2.75) is 11.7 Å². The van der Waals surface area contributed by atoms with Gasteiger partial charge in [-0.2, -0.15) is 0 Å². The maximum Gasteiger partial charge on any atom is 0.176 e. The molecule has 2 aromatic rings. The molecule has 0 fully saturated rings. The van der Waals surface area contributed by atoms with Gasteiger partial charge >= 0.3 is 0 Å². The summed E-state index contributed by atoms with van der Waals surface area (Å²) in [5.74, 6) is 0.207. The Morgan fingerprint density at radius 3 is 2.47 bits per heavy atom. The quantitative estimate of drug-likeness (QED) is 0.779. The lowest BCUT2D eigenvalue weighted by atomic mass is 10.1. The van der Waals surface area contributed by atoms with Crippen LogP contribution in [0.1, 0.15) is 21.5 Å². The Morgan fingerprint density at radius 1 is 1.05 bits per heavy atom. The van der Waals surface area contributed by atoms with Gasteiger partial charge in [-0.25, -0.2) is 0 Å². The van der Waals surface area contributed by atoms with E-state index in [1.165, 1.54) is 11.8 Å². The summed E-state index contributed by atoms with van der Waals surface area (Å²) in [6.45, 7) is 0. The number of rotatable bonds is 2. The Kier molecular flexibility index (Phi) is 3.49. The predicted octanol–water partition coefficient (Wildman–Crippen LogP) is 3.90. The molecule has 1 aliphatic carbocycles. The van der Waals surface area contributed by atoms with E-state index in [4.69, 9.17) is 12.2 Å². The van der Waals surface area contributed by atoms with Gasteiger partial charge in [0, 0.05) is 5.56 Å². The number of fused-ring (bicyclic) bond motifs is 1. The van der Waals surface area contributed by atoms with Crippen molar-refractivity contribution in [2.75, 3.05) is 0 Å². The predicted molar refractivity (Wildman–Crippen MR) is 84.0 cm³/mol. The van der Waals surface area contributed by atoms with Crippen LogP contribution in [-0.4, -0.2) is 15.2 Å². The first-order valence-electron chi connectivity index (χ1n) is 6.14. The summed E-state index contributed by atoms with van der Waals surface area (Å²) in [5.41, 5.74) is 3.02. The van der Waals surface area contributed by atoms with Crippen molar-refractivity contribution in [1.29, 1.82) is 0 Å². The summed E-state index contributed by atoms with van der Waals surface area (Å²) in [6.07, 6.45) is 0.784. The Labute approximate surface area is 122 Å². The van der Waals surface area contributed by atoms with Crippen LogP contribution in [-0.2, 0) is 6.42 Å². The van der Waals surface area contributed by atoms with Crippen molar-refractivity contribution >= 4 is 34.0 Å². The lowest BCUT2D eigenvalue weighted by Gasteiger charge is -2.08. The summed E-state index contributed by atoms with van der Waals surface area (Å²) in [6, 6.07) is 17.7. The van der Waals surface area contributed by atoms with E-state index in [1.54, 1.807) is 0 Å². The molecule has 1 atom stereocenters. The van der Waals surface area contributed by atoms with Crippen molar-refractivity contribution in [3.05, 3.63) is 71.3 Å². The topological polar surface area (TPSA) is 17.1 Å². The first-order valence-corrected chi connectivity index (χ1v) is 7.42. The van der Waals surface area contributed by atoms with Crippen molar-refractivity contribution in [3.8, 4) is 0 Å². The SMILES string of the molecule is O=C1c2ccccc2CC1SC(=S)c1ccccc1. The Hall–Kier alpha value is -1.45. The number of thioether (sulfide) groups is 1. The van der Waals surface area contributed by atoms with Gasteiger partial charge in [0.1, 0.15) is 0 Å². The minimum Gasteiger partial charge on any atom is -0.293 e. The molecule has 1 aliphatic rings. The monoisotopic (exact) mass is 284 g/mol. The van der Waals surface area contributed by atoms with Crippen molar-refractivity contribution < 1.29 is 4.79 Å². The van der Waals surface area contributed by atoms with E-state index in [1.807, 2.05) is 54.6 Å². The third-order valence-corrected chi connectivity index (χ3v) is 4.88. The molecular weight excluding hydrogens is 272 g/mol. The summed E-state index contributed by atoms with van der Waals surface area (Å²) < 4.78 is 0.798. The normalized spacial score (nSPS) is 17.3. The fourth-order valence-electron chi connectivity index (χ4n) is 2.27. The first kappa shape index (κ1) is 12.6. The van der Waals surface area contributed by atoms with Gasteiger partial charge in [-0.05, 0) is 17.5 Å². The molecule has 1 nitrogen and oxygen atoms in total. The highest BCUT2D eigenvalue weighted by molar-refractivity contribution is 8.24. The minimum absolute atomic E-state index is 0.0647. The molecule has 3 heteroatoms. The van der Waals surface area contributed by atoms with Gasteiger partial charge in [0.05, 0.1) is 9.45 Å². The molecule has 0 aromatic heterocycles. The number of ketones is 1. The van der Waals surface area contributed by atoms with E-state index in [2.05, 4.69) is 0 Å². The molecule has 19 heavy (non-hydrogen) atoms. The highest BCUT2D eigenvalue weighted by atomic mass is 32.2. The van der Waals surface area contributed by atoms with Crippen LogP contribution in [0.5, 0.6) is 0 Å². The molecule has 1 unspecified atom stereocenters. The van der Waals surface area contributed by atoms with Gasteiger partial charge in [-0.1, -0.05) is 66.8 Å². The number of hydrogen-bond donors (Lipinski definition) is 0. The second-order valence-corrected chi connectivity index (χ2v) is 6.37. The zero-order valence-corrected chi connectivity index (χ0v) is 11.8. The van der Waals surface area contributed by atoms with E-state index in [9.17, 15) is 4.79 Å². The van der Waals surface area contributed by atoms with Gasteiger partial charge in [-0.3, -0.25) is 4.79 Å². The third kappa shape index (κ3) is 2.48. The maximum absolute atomic E-state index is 12.3. The first-order chi connectivity index (χ1) is 9.25. The highest BCUT2D eigenvalue weighted by Crippen LogP contribution is 2.32. The number of thiocarbonyl (C=S) groups is 1. The summed E-state index contributed by atoms with van der Waals surface area (Å²) in [5, 5.41) is -0.0647. The van der Waals surface area contributed by atoms with Crippen LogP contribution in [0.15, 0.2) is 54.6 Å². The molecule has 0 N–H and O–H groups in total. The highest BCUT2D eigenvalue weighted by Gasteiger charge is 2.31. The average molecular weight is 284 g/mol. The number of Topliss-reactive ketones (excluding diaryl/α,β-unsaturated/α-hetero) is 1. The number of carbonyl (C=O) groups is 1. The lowest BCUT2D eigenvalue weighted by Crippen LogP contribution is -2.14. The largest absolute Gasteiger partial charge is 0.293 e. The van der Waals surface area contributed by atoms with E-state index in [0.29, 0.717) is 0 Å². The molecular formula is C16H12OS2. The minimum atomic E-state index is -0.0647. The fraction of sp³-hybridized carbons (Fsp3) is 0.125. The Balaban J connectivity index is 1.77. The number of carbonyl (C=O) groups excluding carboxylic acids is 1. The molecule has 0 amide bonds. The molecule has 94 valence electrons. The summed E-state index contributed by atoms with van der Waals surface area (Å²) >= 11 is 6.94. The lowest BCUT2D eigenvalue weighted by molar-refractivity contribution is 0.100. The van der Waals surface area contributed by atoms with E-state index < -0.39 is 0 Å². The average Bonchev–Trinajstić information content (AvgIpc) is 2.77. The van der Waals surface area contributed by atoms with E-state index in [0.717, 1.165) is 27.3 Å². The third-order valence-electron chi connectivity index (χ3n) is 3.24. The fourth-order valence-corrected chi connectivity index (χ4v) is 3.78. The number of hydrogen-bond acceptors (Lipinski definition) is 3. The molecule has 0 radical (unpaired) electrons. The second kappa shape index (κ2) is 5.27. The van der Waals surface area contributed by atoms with Crippen LogP contribution in [0.25, 0.3) is 0 Å². The van der Waals surface area contributed by atoms with Crippen LogP contribution in [0.3, 0.4) is 0 Å². The van der Waals surface area contributed by atoms with Gasteiger partial charge in [-0.15, -0.1) is 11.8 Å². The molecule has 0 spiro atoms. The van der Waals surface area contributed by atoms with E-state index in [-0.39, 0.29) is 11.0 Å². The van der Waals surface area contributed by atoms with Crippen molar-refractivity contribution in [1.82, 2.24) is 0 Å². The maximum atomic E-state index is 12.3.